The van der Waals surface area contributed by atoms with E-state index in [1.54, 1.807) is 37.6 Å². The van der Waals surface area contributed by atoms with Gasteiger partial charge in [0.15, 0.2) is 0 Å². The van der Waals surface area contributed by atoms with Crippen LogP contribution in [0.25, 0.3) is 0 Å². The van der Waals surface area contributed by atoms with Gasteiger partial charge in [-0.3, -0.25) is 4.99 Å². The van der Waals surface area contributed by atoms with E-state index in [-0.39, 0.29) is 11.4 Å². The number of hydrogen-bond acceptors (Lipinski definition) is 3. The molecule has 0 spiro atoms. The zero-order valence-corrected chi connectivity index (χ0v) is 16.6. The van der Waals surface area contributed by atoms with Crippen LogP contribution in [0.4, 0.5) is 15.8 Å². The first-order chi connectivity index (χ1) is 12.2. The van der Waals surface area contributed by atoms with Crippen molar-refractivity contribution < 1.29 is 9.13 Å². The van der Waals surface area contributed by atoms with E-state index in [0.29, 0.717) is 27.9 Å². The molecule has 0 fully saturated rings. The molecule has 2 aromatic carbocycles. The molecule has 0 aliphatic carbocycles. The zero-order valence-electron chi connectivity index (χ0n) is 15.8. The Labute approximate surface area is 159 Å². The molecule has 1 aliphatic rings. The summed E-state index contributed by atoms with van der Waals surface area (Å²) < 4.78 is 19.8. The second-order valence-electron chi connectivity index (χ2n) is 7.49. The highest BCUT2D eigenvalue weighted by molar-refractivity contribution is 6.32. The van der Waals surface area contributed by atoms with Crippen LogP contribution in [-0.2, 0) is 0 Å². The van der Waals surface area contributed by atoms with Crippen LogP contribution in [0.3, 0.4) is 0 Å². The maximum atomic E-state index is 14.7. The van der Waals surface area contributed by atoms with Gasteiger partial charge in [-0.05, 0) is 62.1 Å². The van der Waals surface area contributed by atoms with Crippen molar-refractivity contribution in [2.45, 2.75) is 38.6 Å². The number of methoxy groups -OCH3 is 1. The molecular formula is C21H24ClFN2O. The Balaban J connectivity index is 1.95. The Kier molecular flexibility index (Phi) is 4.98. The molecule has 138 valence electrons. The molecule has 0 radical (unpaired) electrons. The van der Waals surface area contributed by atoms with E-state index in [0.717, 1.165) is 17.7 Å². The fourth-order valence-corrected chi connectivity index (χ4v) is 3.84. The van der Waals surface area contributed by atoms with Crippen molar-refractivity contribution in [1.82, 2.24) is 0 Å². The van der Waals surface area contributed by atoms with Crippen molar-refractivity contribution in [2.75, 3.05) is 19.1 Å². The van der Waals surface area contributed by atoms with E-state index in [1.807, 2.05) is 13.1 Å². The lowest BCUT2D eigenvalue weighted by molar-refractivity contribution is 0.394. The SMILES string of the molecule is COc1ccc(N=Cc2cc3c(cc2F)N(C)C(C)(C)CC3C)cc1Cl. The Morgan fingerprint density at radius 1 is 1.31 bits per heavy atom. The summed E-state index contributed by atoms with van der Waals surface area (Å²) in [6, 6.07) is 8.77. The van der Waals surface area contributed by atoms with Gasteiger partial charge < -0.3 is 9.64 Å². The molecule has 2 aromatic rings. The minimum absolute atomic E-state index is 0.00824. The number of aliphatic imine (C=N–C) groups is 1. The monoisotopic (exact) mass is 374 g/mol. The summed E-state index contributed by atoms with van der Waals surface area (Å²) in [6.45, 7) is 6.57. The van der Waals surface area contributed by atoms with E-state index in [1.165, 1.54) is 0 Å². The van der Waals surface area contributed by atoms with Crippen LogP contribution in [0.5, 0.6) is 5.75 Å². The van der Waals surface area contributed by atoms with Gasteiger partial charge in [-0.2, -0.15) is 0 Å². The molecule has 5 heteroatoms. The quantitative estimate of drug-likeness (QED) is 0.619. The largest absolute Gasteiger partial charge is 0.495 e. The van der Waals surface area contributed by atoms with E-state index in [2.05, 4.69) is 30.7 Å². The van der Waals surface area contributed by atoms with Gasteiger partial charge in [-0.15, -0.1) is 0 Å². The van der Waals surface area contributed by atoms with Crippen LogP contribution in [-0.4, -0.2) is 25.9 Å². The number of nitrogens with zero attached hydrogens (tertiary/aromatic N) is 2. The van der Waals surface area contributed by atoms with Gasteiger partial charge in [0.1, 0.15) is 11.6 Å². The number of fused-ring (bicyclic) bond motifs is 1. The van der Waals surface area contributed by atoms with Gasteiger partial charge in [0.2, 0.25) is 0 Å². The van der Waals surface area contributed by atoms with Crippen LogP contribution in [0.2, 0.25) is 5.02 Å². The van der Waals surface area contributed by atoms with Crippen molar-refractivity contribution in [3.8, 4) is 5.75 Å². The third-order valence-corrected chi connectivity index (χ3v) is 5.54. The van der Waals surface area contributed by atoms with Crippen molar-refractivity contribution in [3.05, 3.63) is 52.3 Å². The van der Waals surface area contributed by atoms with Crippen molar-refractivity contribution in [3.63, 3.8) is 0 Å². The Morgan fingerprint density at radius 2 is 2.04 bits per heavy atom. The molecule has 1 heterocycles. The Bertz CT molecular complexity index is 863. The highest BCUT2D eigenvalue weighted by Gasteiger charge is 2.34. The van der Waals surface area contributed by atoms with E-state index >= 15 is 0 Å². The first-order valence-electron chi connectivity index (χ1n) is 8.68. The predicted molar refractivity (Wildman–Crippen MR) is 107 cm³/mol. The van der Waals surface area contributed by atoms with Gasteiger partial charge in [-0.1, -0.05) is 18.5 Å². The summed E-state index contributed by atoms with van der Waals surface area (Å²) in [5.74, 6) is 0.674. The number of hydrogen-bond donors (Lipinski definition) is 0. The maximum absolute atomic E-state index is 14.7. The first kappa shape index (κ1) is 18.7. The van der Waals surface area contributed by atoms with E-state index in [9.17, 15) is 4.39 Å². The van der Waals surface area contributed by atoms with E-state index < -0.39 is 0 Å². The average Bonchev–Trinajstić information content (AvgIpc) is 2.58. The standard InChI is InChI=1S/C21H24ClFN2O/c1-13-11-21(2,3)25(4)19-10-18(23)14(8-16(13)19)12-24-15-6-7-20(26-5)17(22)9-15/h6-10,12-13H,11H2,1-5H3. The number of anilines is 1. The van der Waals surface area contributed by atoms with Gasteiger partial charge in [0.05, 0.1) is 17.8 Å². The van der Waals surface area contributed by atoms with Crippen LogP contribution in [0.1, 0.15) is 44.2 Å². The normalized spacial score (nSPS) is 18.9. The molecule has 0 amide bonds. The van der Waals surface area contributed by atoms with Crippen LogP contribution in [0, 0.1) is 5.82 Å². The second kappa shape index (κ2) is 6.92. The molecule has 0 saturated carbocycles. The number of ether oxygens (including phenoxy) is 1. The molecule has 3 nitrogen and oxygen atoms in total. The third kappa shape index (κ3) is 3.43. The molecule has 1 atom stereocenters. The zero-order chi connectivity index (χ0) is 19.1. The predicted octanol–water partition coefficient (Wildman–Crippen LogP) is 5.96. The summed E-state index contributed by atoms with van der Waals surface area (Å²) in [6.07, 6.45) is 2.58. The molecular weight excluding hydrogens is 351 g/mol. The second-order valence-corrected chi connectivity index (χ2v) is 7.89. The third-order valence-electron chi connectivity index (χ3n) is 5.24. The summed E-state index contributed by atoms with van der Waals surface area (Å²) in [4.78, 5) is 6.54. The van der Waals surface area contributed by atoms with Gasteiger partial charge in [0, 0.05) is 30.1 Å². The molecule has 0 saturated heterocycles. The number of rotatable bonds is 3. The summed E-state index contributed by atoms with van der Waals surface area (Å²) in [5, 5.41) is 0.477. The fourth-order valence-electron chi connectivity index (χ4n) is 3.58. The number of halogens is 2. The van der Waals surface area contributed by atoms with Gasteiger partial charge >= 0.3 is 0 Å². The lowest BCUT2D eigenvalue weighted by Crippen LogP contribution is -2.45. The molecule has 0 bridgehead atoms. The molecule has 26 heavy (non-hydrogen) atoms. The molecule has 3 rings (SSSR count). The summed E-state index contributed by atoms with van der Waals surface area (Å²) >= 11 is 6.12. The smallest absolute Gasteiger partial charge is 0.137 e. The van der Waals surface area contributed by atoms with Crippen LogP contribution < -0.4 is 9.64 Å². The lowest BCUT2D eigenvalue weighted by Gasteiger charge is -2.45. The topological polar surface area (TPSA) is 24.8 Å². The van der Waals surface area contributed by atoms with Gasteiger partial charge in [0.25, 0.3) is 0 Å². The van der Waals surface area contributed by atoms with Crippen LogP contribution in [0.15, 0.2) is 35.3 Å². The molecule has 1 unspecified atom stereocenters. The molecule has 1 aliphatic heterocycles. The number of benzene rings is 2. The molecule has 0 N–H and O–H groups in total. The minimum atomic E-state index is -0.274. The molecule has 0 aromatic heterocycles. The minimum Gasteiger partial charge on any atom is -0.495 e. The highest BCUT2D eigenvalue weighted by Crippen LogP contribution is 2.43. The van der Waals surface area contributed by atoms with Gasteiger partial charge in [-0.25, -0.2) is 4.39 Å². The summed E-state index contributed by atoms with van der Waals surface area (Å²) in [5.41, 5.74) is 3.25. The van der Waals surface area contributed by atoms with Crippen LogP contribution >= 0.6 is 11.6 Å². The van der Waals surface area contributed by atoms with Crippen molar-refractivity contribution >= 4 is 29.2 Å². The first-order valence-corrected chi connectivity index (χ1v) is 9.05. The fraction of sp³-hybridized carbons (Fsp3) is 0.381. The summed E-state index contributed by atoms with van der Waals surface area (Å²) in [7, 11) is 3.59. The lowest BCUT2D eigenvalue weighted by atomic mass is 9.80. The average molecular weight is 375 g/mol. The van der Waals surface area contributed by atoms with E-state index in [4.69, 9.17) is 16.3 Å². The van der Waals surface area contributed by atoms with Crippen molar-refractivity contribution in [2.24, 2.45) is 4.99 Å². The maximum Gasteiger partial charge on any atom is 0.137 e. The Morgan fingerprint density at radius 3 is 2.69 bits per heavy atom. The Hall–Kier alpha value is -2.07. The highest BCUT2D eigenvalue weighted by atomic mass is 35.5. The van der Waals surface area contributed by atoms with Crippen molar-refractivity contribution in [1.29, 1.82) is 0 Å².